The number of aromatic nitrogens is 1. The van der Waals surface area contributed by atoms with Gasteiger partial charge in [-0.25, -0.2) is 0 Å². The monoisotopic (exact) mass is 287 g/mol. The van der Waals surface area contributed by atoms with Crippen LogP contribution in [0.25, 0.3) is 10.9 Å². The van der Waals surface area contributed by atoms with Gasteiger partial charge in [0, 0.05) is 43.3 Å². The summed E-state index contributed by atoms with van der Waals surface area (Å²) in [6, 6.07) is 8.65. The molecule has 0 atom stereocenters. The zero-order valence-electron chi connectivity index (χ0n) is 13.9. The van der Waals surface area contributed by atoms with Gasteiger partial charge in [-0.15, -0.1) is 0 Å². The number of nitrogens with zero attached hydrogens (tertiary/aromatic N) is 2. The molecule has 0 saturated heterocycles. The van der Waals surface area contributed by atoms with Gasteiger partial charge < -0.3 is 14.8 Å². The molecule has 1 aromatic heterocycles. The van der Waals surface area contributed by atoms with Gasteiger partial charge >= 0.3 is 0 Å². The molecule has 0 amide bonds. The Morgan fingerprint density at radius 2 is 1.90 bits per heavy atom. The van der Waals surface area contributed by atoms with Gasteiger partial charge in [-0.3, -0.25) is 0 Å². The number of nitrogens with one attached hydrogen (secondary N) is 1. The second-order valence-corrected chi connectivity index (χ2v) is 5.76. The van der Waals surface area contributed by atoms with Gasteiger partial charge in [-0.2, -0.15) is 0 Å². The molecule has 0 radical (unpaired) electrons. The van der Waals surface area contributed by atoms with E-state index < -0.39 is 0 Å². The quantitative estimate of drug-likeness (QED) is 0.752. The van der Waals surface area contributed by atoms with Gasteiger partial charge in [0.1, 0.15) is 0 Å². The van der Waals surface area contributed by atoms with Crippen molar-refractivity contribution in [1.82, 2.24) is 14.8 Å². The molecule has 0 bridgehead atoms. The molecule has 2 aromatic rings. The van der Waals surface area contributed by atoms with Crippen LogP contribution in [0.5, 0.6) is 0 Å². The smallest absolute Gasteiger partial charge is 0.0483 e. The van der Waals surface area contributed by atoms with Crippen LogP contribution in [0.1, 0.15) is 31.5 Å². The number of hydrogen-bond donors (Lipinski definition) is 1. The van der Waals surface area contributed by atoms with E-state index in [4.69, 9.17) is 0 Å². The molecule has 1 heterocycles. The Bertz CT molecular complexity index is 532. The predicted molar refractivity (Wildman–Crippen MR) is 91.8 cm³/mol. The number of benzene rings is 1. The lowest BCUT2D eigenvalue weighted by Crippen LogP contribution is -2.32. The highest BCUT2D eigenvalue weighted by molar-refractivity contribution is 5.85. The topological polar surface area (TPSA) is 20.2 Å². The Labute approximate surface area is 128 Å². The fourth-order valence-corrected chi connectivity index (χ4v) is 3.08. The van der Waals surface area contributed by atoms with Gasteiger partial charge in [0.25, 0.3) is 0 Å². The summed E-state index contributed by atoms with van der Waals surface area (Å²) in [4.78, 5) is 2.50. The molecule has 116 valence electrons. The molecule has 0 fully saturated rings. The summed E-state index contributed by atoms with van der Waals surface area (Å²) in [5, 5.41) is 4.98. The highest BCUT2D eigenvalue weighted by Crippen LogP contribution is 2.24. The van der Waals surface area contributed by atoms with Crippen LogP contribution in [0.15, 0.2) is 24.3 Å². The molecule has 1 N–H and O–H groups in total. The molecule has 2 rings (SSSR count). The highest BCUT2D eigenvalue weighted by atomic mass is 15.1. The van der Waals surface area contributed by atoms with Gasteiger partial charge in [0.2, 0.25) is 0 Å². The summed E-state index contributed by atoms with van der Waals surface area (Å²) in [5.74, 6) is 0. The predicted octanol–water partition coefficient (Wildman–Crippen LogP) is 3.31. The first kappa shape index (κ1) is 16.1. The van der Waals surface area contributed by atoms with Crippen LogP contribution in [0.2, 0.25) is 0 Å². The maximum absolute atomic E-state index is 3.61. The fourth-order valence-electron chi connectivity index (χ4n) is 3.08. The highest BCUT2D eigenvalue weighted by Gasteiger charge is 2.10. The average Bonchev–Trinajstić information content (AvgIpc) is 2.75. The lowest BCUT2D eigenvalue weighted by atomic mass is 10.1. The Balaban J connectivity index is 1.95. The summed E-state index contributed by atoms with van der Waals surface area (Å²) in [5.41, 5.74) is 4.13. The number of hydrogen-bond acceptors (Lipinski definition) is 2. The van der Waals surface area contributed by atoms with E-state index in [1.807, 2.05) is 0 Å². The van der Waals surface area contributed by atoms with Crippen molar-refractivity contribution in [3.63, 3.8) is 0 Å². The molecule has 0 aliphatic heterocycles. The molecule has 3 nitrogen and oxygen atoms in total. The lowest BCUT2D eigenvalue weighted by Gasteiger charge is -2.19. The molecule has 0 aliphatic rings. The minimum Gasteiger partial charge on any atom is -0.346 e. The molecule has 0 saturated carbocycles. The van der Waals surface area contributed by atoms with Crippen LogP contribution in [0, 0.1) is 6.92 Å². The Morgan fingerprint density at radius 1 is 1.14 bits per heavy atom. The SMILES string of the molecule is CCCN(CC)CCNCc1c(C)c2ccccc2n1C. The van der Waals surface area contributed by atoms with Crippen molar-refractivity contribution in [2.45, 2.75) is 33.7 Å². The minimum absolute atomic E-state index is 0.945. The summed E-state index contributed by atoms with van der Waals surface area (Å²) >= 11 is 0. The minimum atomic E-state index is 0.945. The van der Waals surface area contributed by atoms with E-state index in [-0.39, 0.29) is 0 Å². The van der Waals surface area contributed by atoms with E-state index >= 15 is 0 Å². The van der Waals surface area contributed by atoms with E-state index in [0.29, 0.717) is 0 Å². The zero-order valence-corrected chi connectivity index (χ0v) is 13.9. The molecule has 0 unspecified atom stereocenters. The molecular formula is C18H29N3. The van der Waals surface area contributed by atoms with Crippen LogP contribution >= 0.6 is 0 Å². The Kier molecular flexibility index (Phi) is 5.83. The number of aryl methyl sites for hydroxylation is 2. The van der Waals surface area contributed by atoms with E-state index in [0.717, 1.165) is 26.2 Å². The van der Waals surface area contributed by atoms with Gasteiger partial charge in [-0.1, -0.05) is 32.0 Å². The van der Waals surface area contributed by atoms with Crippen LogP contribution in [-0.2, 0) is 13.6 Å². The summed E-state index contributed by atoms with van der Waals surface area (Å²) < 4.78 is 2.32. The van der Waals surface area contributed by atoms with Crippen molar-refractivity contribution < 1.29 is 0 Å². The largest absolute Gasteiger partial charge is 0.346 e. The van der Waals surface area contributed by atoms with Crippen molar-refractivity contribution in [3.8, 4) is 0 Å². The Hall–Kier alpha value is -1.32. The number of para-hydroxylation sites is 1. The van der Waals surface area contributed by atoms with Crippen molar-refractivity contribution in [3.05, 3.63) is 35.5 Å². The van der Waals surface area contributed by atoms with Gasteiger partial charge in [0.15, 0.2) is 0 Å². The third kappa shape index (κ3) is 3.66. The molecule has 1 aromatic carbocycles. The average molecular weight is 287 g/mol. The summed E-state index contributed by atoms with van der Waals surface area (Å²) in [7, 11) is 2.17. The van der Waals surface area contributed by atoms with Crippen molar-refractivity contribution in [2.75, 3.05) is 26.2 Å². The van der Waals surface area contributed by atoms with Crippen LogP contribution in [0.3, 0.4) is 0 Å². The van der Waals surface area contributed by atoms with Gasteiger partial charge in [-0.05, 0) is 38.1 Å². The first-order valence-corrected chi connectivity index (χ1v) is 8.15. The van der Waals surface area contributed by atoms with Crippen LogP contribution in [0.4, 0.5) is 0 Å². The molecule has 0 aliphatic carbocycles. The van der Waals surface area contributed by atoms with E-state index in [1.165, 1.54) is 35.1 Å². The number of rotatable bonds is 8. The maximum atomic E-state index is 3.61. The normalized spacial score (nSPS) is 11.7. The number of fused-ring (bicyclic) bond motifs is 1. The third-order valence-corrected chi connectivity index (χ3v) is 4.39. The standard InChI is InChI=1S/C18H29N3/c1-5-12-21(6-2)13-11-19-14-18-15(3)16-9-7-8-10-17(16)20(18)4/h7-10,19H,5-6,11-14H2,1-4H3. The summed E-state index contributed by atoms with van der Waals surface area (Å²) in [6.07, 6.45) is 1.23. The van der Waals surface area contributed by atoms with E-state index in [1.54, 1.807) is 0 Å². The van der Waals surface area contributed by atoms with E-state index in [2.05, 4.69) is 66.9 Å². The van der Waals surface area contributed by atoms with Crippen LogP contribution in [-0.4, -0.2) is 35.6 Å². The number of likely N-dealkylation sites (N-methyl/N-ethyl adjacent to an activating group) is 1. The lowest BCUT2D eigenvalue weighted by molar-refractivity contribution is 0.287. The first-order valence-electron chi connectivity index (χ1n) is 8.15. The third-order valence-electron chi connectivity index (χ3n) is 4.39. The Morgan fingerprint density at radius 3 is 2.57 bits per heavy atom. The molecular weight excluding hydrogens is 258 g/mol. The second kappa shape index (κ2) is 7.62. The van der Waals surface area contributed by atoms with Crippen LogP contribution < -0.4 is 5.32 Å². The van der Waals surface area contributed by atoms with Crippen molar-refractivity contribution in [1.29, 1.82) is 0 Å². The van der Waals surface area contributed by atoms with E-state index in [9.17, 15) is 0 Å². The maximum Gasteiger partial charge on any atom is 0.0483 e. The summed E-state index contributed by atoms with van der Waals surface area (Å²) in [6.45, 7) is 12.2. The molecule has 21 heavy (non-hydrogen) atoms. The molecule has 3 heteroatoms. The van der Waals surface area contributed by atoms with Crippen molar-refractivity contribution in [2.24, 2.45) is 7.05 Å². The van der Waals surface area contributed by atoms with Crippen molar-refractivity contribution >= 4 is 10.9 Å². The first-order chi connectivity index (χ1) is 10.2. The fraction of sp³-hybridized carbons (Fsp3) is 0.556. The molecule has 0 spiro atoms. The second-order valence-electron chi connectivity index (χ2n) is 5.76. The van der Waals surface area contributed by atoms with Gasteiger partial charge in [0.05, 0.1) is 0 Å². The zero-order chi connectivity index (χ0) is 15.2.